The second-order valence-corrected chi connectivity index (χ2v) is 5.32. The van der Waals surface area contributed by atoms with Crippen molar-refractivity contribution in [2.24, 2.45) is 0 Å². The molecule has 17 heavy (non-hydrogen) atoms. The number of hydrogen-bond donors (Lipinski definition) is 1. The number of benzene rings is 1. The fourth-order valence-corrected chi connectivity index (χ4v) is 2.98. The van der Waals surface area contributed by atoms with Crippen molar-refractivity contribution in [1.29, 1.82) is 0 Å². The Hall–Kier alpha value is -1.08. The third-order valence-corrected chi connectivity index (χ3v) is 4.03. The monoisotopic (exact) mass is 227 g/mol. The Labute approximate surface area is 104 Å². The molecule has 0 aromatic heterocycles. The Bertz CT molecular complexity index is 420. The number of allylic oxidation sites excluding steroid dienone is 1. The third kappa shape index (κ3) is 2.61. The lowest BCUT2D eigenvalue weighted by Crippen LogP contribution is -2.29. The van der Waals surface area contributed by atoms with Gasteiger partial charge in [0.05, 0.1) is 0 Å². The van der Waals surface area contributed by atoms with Crippen molar-refractivity contribution in [1.82, 2.24) is 5.32 Å². The normalized spacial score (nSPS) is 22.7. The maximum absolute atomic E-state index is 3.68. The maximum Gasteiger partial charge on any atom is 0.0208 e. The van der Waals surface area contributed by atoms with Gasteiger partial charge in [0.15, 0.2) is 0 Å². The minimum Gasteiger partial charge on any atom is -0.310 e. The van der Waals surface area contributed by atoms with Crippen LogP contribution in [0.25, 0.3) is 0 Å². The second-order valence-electron chi connectivity index (χ2n) is 5.32. The Kier molecular flexibility index (Phi) is 3.28. The van der Waals surface area contributed by atoms with Gasteiger partial charge in [0.1, 0.15) is 0 Å². The fourth-order valence-electron chi connectivity index (χ4n) is 2.98. The molecule has 0 amide bonds. The molecule has 0 fully saturated rings. The van der Waals surface area contributed by atoms with E-state index < -0.39 is 0 Å². The van der Waals surface area contributed by atoms with E-state index in [9.17, 15) is 0 Å². The summed E-state index contributed by atoms with van der Waals surface area (Å²) in [5.74, 6) is 0. The molecule has 0 spiro atoms. The molecule has 0 saturated heterocycles. The standard InChI is InChI=1S/C16H21N/c1-2-7-16(8-3-1)17-12-13-9-10-14-5-4-6-15(14)11-13/h1-2,9-11,16-17H,3-8,12H2. The van der Waals surface area contributed by atoms with Crippen molar-refractivity contribution in [2.45, 2.75) is 51.1 Å². The van der Waals surface area contributed by atoms with Crippen LogP contribution in [0.15, 0.2) is 30.4 Å². The number of aryl methyl sites for hydroxylation is 2. The molecule has 2 aliphatic rings. The summed E-state index contributed by atoms with van der Waals surface area (Å²) in [7, 11) is 0. The van der Waals surface area contributed by atoms with Gasteiger partial charge in [-0.05, 0) is 55.2 Å². The Morgan fingerprint density at radius 2 is 2.06 bits per heavy atom. The molecule has 0 saturated carbocycles. The van der Waals surface area contributed by atoms with Crippen LogP contribution in [0.2, 0.25) is 0 Å². The molecule has 90 valence electrons. The van der Waals surface area contributed by atoms with Crippen molar-refractivity contribution >= 4 is 0 Å². The van der Waals surface area contributed by atoms with Gasteiger partial charge >= 0.3 is 0 Å². The average molecular weight is 227 g/mol. The predicted molar refractivity (Wildman–Crippen MR) is 72.1 cm³/mol. The first kappa shape index (κ1) is 11.0. The van der Waals surface area contributed by atoms with Crippen molar-refractivity contribution in [3.05, 3.63) is 47.0 Å². The SMILES string of the molecule is C1=CCC(NCc2ccc3c(c2)CCC3)CC1. The van der Waals surface area contributed by atoms with Gasteiger partial charge in [-0.2, -0.15) is 0 Å². The van der Waals surface area contributed by atoms with Crippen LogP contribution in [0, 0.1) is 0 Å². The van der Waals surface area contributed by atoms with E-state index in [0.717, 1.165) is 6.54 Å². The Balaban J connectivity index is 1.59. The van der Waals surface area contributed by atoms with Gasteiger partial charge in [0.2, 0.25) is 0 Å². The summed E-state index contributed by atoms with van der Waals surface area (Å²) in [6, 6.07) is 7.73. The summed E-state index contributed by atoms with van der Waals surface area (Å²) in [6.07, 6.45) is 12.3. The van der Waals surface area contributed by atoms with Gasteiger partial charge in [-0.3, -0.25) is 0 Å². The van der Waals surface area contributed by atoms with E-state index >= 15 is 0 Å². The van der Waals surface area contributed by atoms with Crippen LogP contribution >= 0.6 is 0 Å². The molecule has 0 bridgehead atoms. The van der Waals surface area contributed by atoms with Crippen LogP contribution in [0.1, 0.15) is 42.4 Å². The maximum atomic E-state index is 3.68. The molecule has 1 unspecified atom stereocenters. The first-order valence-electron chi connectivity index (χ1n) is 6.91. The summed E-state index contributed by atoms with van der Waals surface area (Å²) >= 11 is 0. The molecule has 1 aromatic carbocycles. The zero-order chi connectivity index (χ0) is 11.5. The molecule has 0 aliphatic heterocycles. The molecule has 1 atom stereocenters. The molecule has 0 radical (unpaired) electrons. The Morgan fingerprint density at radius 3 is 2.94 bits per heavy atom. The van der Waals surface area contributed by atoms with Crippen LogP contribution in [0.3, 0.4) is 0 Å². The van der Waals surface area contributed by atoms with Crippen molar-refractivity contribution in [3.63, 3.8) is 0 Å². The quantitative estimate of drug-likeness (QED) is 0.781. The van der Waals surface area contributed by atoms with Gasteiger partial charge < -0.3 is 5.32 Å². The van der Waals surface area contributed by atoms with Gasteiger partial charge in [-0.1, -0.05) is 30.4 Å². The van der Waals surface area contributed by atoms with Gasteiger partial charge in [0.25, 0.3) is 0 Å². The highest BCUT2D eigenvalue weighted by Crippen LogP contribution is 2.23. The topological polar surface area (TPSA) is 12.0 Å². The van der Waals surface area contributed by atoms with E-state index in [-0.39, 0.29) is 0 Å². The molecule has 0 heterocycles. The number of nitrogens with one attached hydrogen (secondary N) is 1. The molecule has 2 aliphatic carbocycles. The van der Waals surface area contributed by atoms with Crippen molar-refractivity contribution in [2.75, 3.05) is 0 Å². The first-order chi connectivity index (χ1) is 8.42. The molecule has 1 N–H and O–H groups in total. The molecule has 3 rings (SSSR count). The van der Waals surface area contributed by atoms with E-state index in [1.165, 1.54) is 44.1 Å². The zero-order valence-electron chi connectivity index (χ0n) is 10.4. The molecular weight excluding hydrogens is 206 g/mol. The van der Waals surface area contributed by atoms with E-state index in [2.05, 4.69) is 35.7 Å². The van der Waals surface area contributed by atoms with Crippen molar-refractivity contribution < 1.29 is 0 Å². The number of rotatable bonds is 3. The smallest absolute Gasteiger partial charge is 0.0208 e. The molecule has 1 aromatic rings. The van der Waals surface area contributed by atoms with E-state index in [4.69, 9.17) is 0 Å². The summed E-state index contributed by atoms with van der Waals surface area (Å²) < 4.78 is 0. The van der Waals surface area contributed by atoms with Crippen molar-refractivity contribution in [3.8, 4) is 0 Å². The largest absolute Gasteiger partial charge is 0.310 e. The highest BCUT2D eigenvalue weighted by atomic mass is 14.9. The summed E-state index contributed by atoms with van der Waals surface area (Å²) in [5, 5.41) is 3.68. The molecule has 1 nitrogen and oxygen atoms in total. The van der Waals surface area contributed by atoms with Crippen LogP contribution in [-0.4, -0.2) is 6.04 Å². The lowest BCUT2D eigenvalue weighted by molar-refractivity contribution is 0.474. The minimum atomic E-state index is 0.688. The van der Waals surface area contributed by atoms with E-state index in [1.54, 1.807) is 11.1 Å². The number of hydrogen-bond acceptors (Lipinski definition) is 1. The summed E-state index contributed by atoms with van der Waals surface area (Å²) in [6.45, 7) is 1.03. The highest BCUT2D eigenvalue weighted by molar-refractivity contribution is 5.35. The number of fused-ring (bicyclic) bond motifs is 1. The van der Waals surface area contributed by atoms with Gasteiger partial charge in [-0.25, -0.2) is 0 Å². The third-order valence-electron chi connectivity index (χ3n) is 4.03. The lowest BCUT2D eigenvalue weighted by atomic mass is 10.0. The Morgan fingerprint density at radius 1 is 1.12 bits per heavy atom. The summed E-state index contributed by atoms with van der Waals surface area (Å²) in [4.78, 5) is 0. The average Bonchev–Trinajstić information content (AvgIpc) is 2.85. The van der Waals surface area contributed by atoms with Gasteiger partial charge in [-0.15, -0.1) is 0 Å². The second kappa shape index (κ2) is 5.05. The van der Waals surface area contributed by atoms with E-state index in [1.807, 2.05) is 0 Å². The fraction of sp³-hybridized carbons (Fsp3) is 0.500. The predicted octanol–water partition coefficient (Wildman–Crippen LogP) is 3.37. The van der Waals surface area contributed by atoms with Crippen LogP contribution in [-0.2, 0) is 19.4 Å². The first-order valence-corrected chi connectivity index (χ1v) is 6.91. The zero-order valence-corrected chi connectivity index (χ0v) is 10.4. The molecular formula is C16H21N. The van der Waals surface area contributed by atoms with Crippen LogP contribution < -0.4 is 5.32 Å². The molecule has 1 heteroatoms. The van der Waals surface area contributed by atoms with E-state index in [0.29, 0.717) is 6.04 Å². The minimum absolute atomic E-state index is 0.688. The van der Waals surface area contributed by atoms with Crippen LogP contribution in [0.5, 0.6) is 0 Å². The van der Waals surface area contributed by atoms with Crippen LogP contribution in [0.4, 0.5) is 0 Å². The van der Waals surface area contributed by atoms with Gasteiger partial charge in [0, 0.05) is 12.6 Å². The lowest BCUT2D eigenvalue weighted by Gasteiger charge is -2.19. The highest BCUT2D eigenvalue weighted by Gasteiger charge is 2.12. The summed E-state index contributed by atoms with van der Waals surface area (Å²) in [5.41, 5.74) is 4.63.